The second-order valence-corrected chi connectivity index (χ2v) is 7.22. The highest BCUT2D eigenvalue weighted by atomic mass is 32.2. The number of nitrogens with zero attached hydrogens (tertiary/aromatic N) is 3. The minimum atomic E-state index is -0.439. The first-order valence-corrected chi connectivity index (χ1v) is 9.07. The molecule has 0 aromatic heterocycles. The van der Waals surface area contributed by atoms with E-state index in [0.717, 1.165) is 11.8 Å². The third kappa shape index (κ3) is 4.27. The molecule has 0 spiro atoms. The van der Waals surface area contributed by atoms with E-state index in [1.807, 2.05) is 4.31 Å². The monoisotopic (exact) mass is 391 g/mol. The summed E-state index contributed by atoms with van der Waals surface area (Å²) in [7, 11) is 0. The number of hydrogen-bond donors (Lipinski definition) is 0. The highest BCUT2D eigenvalue weighted by Crippen LogP contribution is 2.38. The van der Waals surface area contributed by atoms with E-state index in [1.165, 1.54) is 24.1 Å². The Morgan fingerprint density at radius 3 is 2.15 bits per heavy atom. The Bertz CT molecular complexity index is 874. The van der Waals surface area contributed by atoms with E-state index in [4.69, 9.17) is 4.74 Å². The van der Waals surface area contributed by atoms with Crippen LogP contribution in [0.4, 0.5) is 11.4 Å². The van der Waals surface area contributed by atoms with Crippen molar-refractivity contribution in [1.29, 1.82) is 0 Å². The van der Waals surface area contributed by atoms with Crippen LogP contribution in [-0.4, -0.2) is 27.3 Å². The number of rotatable bonds is 6. The average Bonchev–Trinajstić information content (AvgIpc) is 2.62. The predicted molar refractivity (Wildman–Crippen MR) is 98.6 cm³/mol. The van der Waals surface area contributed by atoms with E-state index in [0.29, 0.717) is 28.0 Å². The fourth-order valence-corrected chi connectivity index (χ4v) is 4.14. The molecule has 3 rings (SSSR count). The van der Waals surface area contributed by atoms with Crippen LogP contribution >= 0.6 is 23.7 Å². The van der Waals surface area contributed by atoms with E-state index < -0.39 is 9.85 Å². The summed E-state index contributed by atoms with van der Waals surface area (Å²) in [5.74, 6) is 0. The van der Waals surface area contributed by atoms with Crippen LogP contribution in [0, 0.1) is 20.2 Å². The van der Waals surface area contributed by atoms with Crippen LogP contribution in [0.25, 0.3) is 0 Å². The lowest BCUT2D eigenvalue weighted by molar-refractivity contribution is -0.387. The summed E-state index contributed by atoms with van der Waals surface area (Å²) >= 11 is 2.39. The highest BCUT2D eigenvalue weighted by Gasteiger charge is 2.21. The van der Waals surface area contributed by atoms with Gasteiger partial charge in [-0.25, -0.2) is 0 Å². The van der Waals surface area contributed by atoms with Crippen molar-refractivity contribution in [2.45, 2.75) is 9.79 Å². The molecule has 2 aromatic carbocycles. The zero-order valence-corrected chi connectivity index (χ0v) is 14.9. The lowest BCUT2D eigenvalue weighted by atomic mass is 10.3. The van der Waals surface area contributed by atoms with E-state index in [-0.39, 0.29) is 11.4 Å². The molecule has 0 unspecified atom stereocenters. The summed E-state index contributed by atoms with van der Waals surface area (Å²) in [6.45, 7) is 0.921. The number of nitro benzene ring substituents is 2. The van der Waals surface area contributed by atoms with Crippen LogP contribution in [0.3, 0.4) is 0 Å². The molecule has 0 saturated heterocycles. The van der Waals surface area contributed by atoms with Gasteiger partial charge in [-0.05, 0) is 35.8 Å². The smallest absolute Gasteiger partial charge is 0.284 e. The molecule has 0 bridgehead atoms. The van der Waals surface area contributed by atoms with Crippen molar-refractivity contribution in [2.24, 2.45) is 0 Å². The standard InChI is InChI=1S/C16H13N3O5S2/c20-18(21)12-5-1-3-7-14(12)25-16-11-17(9-10-24-16)26-15-8-4-2-6-13(15)19(22)23/h1-8,11H,9-10H2. The van der Waals surface area contributed by atoms with Crippen molar-refractivity contribution in [3.63, 3.8) is 0 Å². The molecule has 0 aliphatic carbocycles. The fraction of sp³-hybridized carbons (Fsp3) is 0.125. The first kappa shape index (κ1) is 18.1. The Balaban J connectivity index is 1.78. The first-order valence-electron chi connectivity index (χ1n) is 7.48. The molecule has 26 heavy (non-hydrogen) atoms. The Labute approximate surface area is 157 Å². The zero-order chi connectivity index (χ0) is 18.5. The van der Waals surface area contributed by atoms with Crippen LogP contribution in [0.1, 0.15) is 0 Å². The molecular formula is C16H13N3O5S2. The van der Waals surface area contributed by atoms with Gasteiger partial charge in [-0.1, -0.05) is 24.3 Å². The molecule has 134 valence electrons. The normalized spacial score (nSPS) is 13.7. The molecule has 1 aliphatic heterocycles. The van der Waals surface area contributed by atoms with Crippen LogP contribution in [0.5, 0.6) is 0 Å². The fourth-order valence-electron chi connectivity index (χ4n) is 2.20. The first-order chi connectivity index (χ1) is 12.5. The number of thioether (sulfide) groups is 1. The zero-order valence-electron chi connectivity index (χ0n) is 13.3. The third-order valence-corrected chi connectivity index (χ3v) is 5.41. The van der Waals surface area contributed by atoms with Gasteiger partial charge in [0.05, 0.1) is 27.5 Å². The summed E-state index contributed by atoms with van der Waals surface area (Å²) in [6.07, 6.45) is 1.70. The number of nitro groups is 2. The number of hydrogen-bond acceptors (Lipinski definition) is 8. The van der Waals surface area contributed by atoms with Crippen molar-refractivity contribution in [3.8, 4) is 0 Å². The highest BCUT2D eigenvalue weighted by molar-refractivity contribution is 8.03. The van der Waals surface area contributed by atoms with E-state index in [9.17, 15) is 20.2 Å². The van der Waals surface area contributed by atoms with Gasteiger partial charge in [-0.15, -0.1) is 0 Å². The predicted octanol–water partition coefficient (Wildman–Crippen LogP) is 4.43. The molecule has 8 nitrogen and oxygen atoms in total. The van der Waals surface area contributed by atoms with Gasteiger partial charge < -0.3 is 9.04 Å². The minimum absolute atomic E-state index is 0.00507. The molecule has 0 N–H and O–H groups in total. The van der Waals surface area contributed by atoms with E-state index >= 15 is 0 Å². The van der Waals surface area contributed by atoms with Gasteiger partial charge in [-0.2, -0.15) is 0 Å². The molecule has 1 heterocycles. The van der Waals surface area contributed by atoms with Crippen LogP contribution in [0.15, 0.2) is 69.6 Å². The van der Waals surface area contributed by atoms with E-state index in [1.54, 1.807) is 42.6 Å². The van der Waals surface area contributed by atoms with Gasteiger partial charge in [0, 0.05) is 12.1 Å². The van der Waals surface area contributed by atoms with Crippen molar-refractivity contribution >= 4 is 35.1 Å². The Hall–Kier alpha value is -2.72. The van der Waals surface area contributed by atoms with Gasteiger partial charge in [0.1, 0.15) is 11.5 Å². The number of ether oxygens (including phenoxy) is 1. The maximum atomic E-state index is 11.1. The molecule has 2 aromatic rings. The summed E-state index contributed by atoms with van der Waals surface area (Å²) < 4.78 is 7.40. The minimum Gasteiger partial charge on any atom is -0.484 e. The van der Waals surface area contributed by atoms with Crippen molar-refractivity contribution < 1.29 is 14.6 Å². The van der Waals surface area contributed by atoms with Gasteiger partial charge >= 0.3 is 0 Å². The van der Waals surface area contributed by atoms with Crippen molar-refractivity contribution in [3.05, 3.63) is 80.1 Å². The lowest BCUT2D eigenvalue weighted by Gasteiger charge is -2.25. The molecule has 10 heteroatoms. The topological polar surface area (TPSA) is 98.8 Å². The summed E-state index contributed by atoms with van der Waals surface area (Å²) in [4.78, 5) is 22.4. The molecule has 1 aliphatic rings. The maximum Gasteiger partial charge on any atom is 0.284 e. The molecule has 0 radical (unpaired) electrons. The quantitative estimate of drug-likeness (QED) is 0.405. The Kier molecular flexibility index (Phi) is 5.64. The third-order valence-electron chi connectivity index (χ3n) is 3.36. The molecule has 0 atom stereocenters. The number of para-hydroxylation sites is 2. The van der Waals surface area contributed by atoms with E-state index in [2.05, 4.69) is 0 Å². The maximum absolute atomic E-state index is 11.1. The van der Waals surface area contributed by atoms with Crippen LogP contribution in [0.2, 0.25) is 0 Å². The number of benzene rings is 2. The lowest BCUT2D eigenvalue weighted by Crippen LogP contribution is -2.20. The second-order valence-electron chi connectivity index (χ2n) is 5.08. The van der Waals surface area contributed by atoms with Gasteiger partial charge in [0.2, 0.25) is 0 Å². The molecule has 0 fully saturated rings. The summed E-state index contributed by atoms with van der Waals surface area (Å²) in [5, 5.41) is 22.8. The SMILES string of the molecule is O=[N+]([O-])c1ccccc1SC1=CN(Sc2ccccc2[N+](=O)[O-])CCO1. The largest absolute Gasteiger partial charge is 0.484 e. The summed E-state index contributed by atoms with van der Waals surface area (Å²) in [5.41, 5.74) is 0.0377. The Morgan fingerprint density at radius 1 is 0.923 bits per heavy atom. The molecule has 0 amide bonds. The van der Waals surface area contributed by atoms with Crippen LogP contribution in [-0.2, 0) is 4.74 Å². The molecular weight excluding hydrogens is 378 g/mol. The van der Waals surface area contributed by atoms with Gasteiger partial charge in [0.15, 0.2) is 5.09 Å². The average molecular weight is 391 g/mol. The van der Waals surface area contributed by atoms with Crippen LogP contribution < -0.4 is 0 Å². The Morgan fingerprint density at radius 2 is 1.50 bits per heavy atom. The van der Waals surface area contributed by atoms with Crippen molar-refractivity contribution in [2.75, 3.05) is 13.2 Å². The summed E-state index contributed by atoms with van der Waals surface area (Å²) in [6, 6.07) is 12.9. The molecule has 0 saturated carbocycles. The van der Waals surface area contributed by atoms with Gasteiger partial charge in [-0.3, -0.25) is 20.2 Å². The van der Waals surface area contributed by atoms with Gasteiger partial charge in [0.25, 0.3) is 11.4 Å². The van der Waals surface area contributed by atoms with Crippen molar-refractivity contribution in [1.82, 2.24) is 4.31 Å². The second kappa shape index (κ2) is 8.11.